The van der Waals surface area contributed by atoms with Gasteiger partial charge in [0.2, 0.25) is 0 Å². The SMILES string of the molecule is CCc1ccc(CC(=O)c2ccc(N)cn2)s1. The van der Waals surface area contributed by atoms with Crippen LogP contribution in [0.2, 0.25) is 0 Å². The molecule has 2 rings (SSSR count). The molecule has 2 N–H and O–H groups in total. The highest BCUT2D eigenvalue weighted by atomic mass is 32.1. The molecular weight excluding hydrogens is 232 g/mol. The fraction of sp³-hybridized carbons (Fsp3) is 0.231. The average Bonchev–Trinajstić information content (AvgIpc) is 2.77. The van der Waals surface area contributed by atoms with Gasteiger partial charge in [-0.05, 0) is 30.7 Å². The Hall–Kier alpha value is -1.68. The molecule has 0 bridgehead atoms. The third kappa shape index (κ3) is 2.91. The number of carbonyl (C=O) groups is 1. The molecule has 88 valence electrons. The summed E-state index contributed by atoms with van der Waals surface area (Å²) < 4.78 is 0. The van der Waals surface area contributed by atoms with Crippen molar-refractivity contribution in [3.05, 3.63) is 45.9 Å². The largest absolute Gasteiger partial charge is 0.397 e. The second kappa shape index (κ2) is 5.10. The van der Waals surface area contributed by atoms with Crippen LogP contribution in [0.1, 0.15) is 27.2 Å². The Bertz CT molecular complexity index is 516. The average molecular weight is 246 g/mol. The number of nitrogens with zero attached hydrogens (tertiary/aromatic N) is 1. The molecule has 0 aromatic carbocycles. The van der Waals surface area contributed by atoms with Gasteiger partial charge in [-0.3, -0.25) is 9.78 Å². The first-order chi connectivity index (χ1) is 8.19. The summed E-state index contributed by atoms with van der Waals surface area (Å²) in [4.78, 5) is 18.3. The van der Waals surface area contributed by atoms with Crippen LogP contribution in [0.4, 0.5) is 5.69 Å². The van der Waals surface area contributed by atoms with E-state index in [1.54, 1.807) is 23.5 Å². The molecule has 0 saturated carbocycles. The lowest BCUT2D eigenvalue weighted by Gasteiger charge is -1.98. The van der Waals surface area contributed by atoms with Crippen LogP contribution in [0.25, 0.3) is 0 Å². The van der Waals surface area contributed by atoms with Crippen LogP contribution in [0.15, 0.2) is 30.5 Å². The summed E-state index contributed by atoms with van der Waals surface area (Å²) in [5.41, 5.74) is 6.58. The quantitative estimate of drug-likeness (QED) is 0.844. The van der Waals surface area contributed by atoms with E-state index in [-0.39, 0.29) is 5.78 Å². The number of rotatable bonds is 4. The number of Topliss-reactive ketones (excluding diaryl/α,β-unsaturated/α-hetero) is 1. The van der Waals surface area contributed by atoms with Crippen molar-refractivity contribution in [2.45, 2.75) is 19.8 Å². The van der Waals surface area contributed by atoms with Gasteiger partial charge in [0.25, 0.3) is 0 Å². The predicted octanol–water partition coefficient (Wildman–Crippen LogP) is 2.71. The van der Waals surface area contributed by atoms with E-state index in [4.69, 9.17) is 5.73 Å². The van der Waals surface area contributed by atoms with E-state index in [2.05, 4.69) is 18.0 Å². The van der Waals surface area contributed by atoms with Gasteiger partial charge >= 0.3 is 0 Å². The topological polar surface area (TPSA) is 56.0 Å². The summed E-state index contributed by atoms with van der Waals surface area (Å²) in [5.74, 6) is 0.0366. The monoisotopic (exact) mass is 246 g/mol. The molecule has 4 heteroatoms. The fourth-order valence-corrected chi connectivity index (χ4v) is 2.48. The van der Waals surface area contributed by atoms with Crippen LogP contribution in [-0.2, 0) is 12.8 Å². The second-order valence-electron chi connectivity index (χ2n) is 3.80. The van der Waals surface area contributed by atoms with Crippen molar-refractivity contribution in [1.29, 1.82) is 0 Å². The Morgan fingerprint density at radius 2 is 2.06 bits per heavy atom. The second-order valence-corrected chi connectivity index (χ2v) is 5.05. The molecule has 0 aliphatic carbocycles. The smallest absolute Gasteiger partial charge is 0.186 e. The number of nitrogen functional groups attached to an aromatic ring is 1. The number of pyridine rings is 1. The Morgan fingerprint density at radius 3 is 2.65 bits per heavy atom. The minimum absolute atomic E-state index is 0.0366. The molecule has 0 spiro atoms. The summed E-state index contributed by atoms with van der Waals surface area (Å²) in [6.45, 7) is 2.11. The number of aryl methyl sites for hydroxylation is 1. The van der Waals surface area contributed by atoms with Gasteiger partial charge in [0.05, 0.1) is 11.9 Å². The Labute approximate surface area is 104 Å². The van der Waals surface area contributed by atoms with E-state index in [0.717, 1.165) is 11.3 Å². The lowest BCUT2D eigenvalue weighted by molar-refractivity contribution is 0.0989. The molecule has 2 aromatic heterocycles. The molecule has 2 aromatic rings. The summed E-state index contributed by atoms with van der Waals surface area (Å²) in [6, 6.07) is 7.46. The van der Waals surface area contributed by atoms with Gasteiger partial charge in [0, 0.05) is 16.2 Å². The zero-order valence-corrected chi connectivity index (χ0v) is 10.5. The van der Waals surface area contributed by atoms with E-state index >= 15 is 0 Å². The van der Waals surface area contributed by atoms with E-state index in [9.17, 15) is 4.79 Å². The van der Waals surface area contributed by atoms with Crippen molar-refractivity contribution in [2.24, 2.45) is 0 Å². The van der Waals surface area contributed by atoms with E-state index < -0.39 is 0 Å². The molecule has 0 saturated heterocycles. The highest BCUT2D eigenvalue weighted by molar-refractivity contribution is 7.12. The van der Waals surface area contributed by atoms with Crippen molar-refractivity contribution >= 4 is 22.8 Å². The first-order valence-electron chi connectivity index (χ1n) is 5.51. The van der Waals surface area contributed by atoms with Gasteiger partial charge in [-0.15, -0.1) is 11.3 Å². The number of hydrogen-bond acceptors (Lipinski definition) is 4. The van der Waals surface area contributed by atoms with Crippen molar-refractivity contribution < 1.29 is 4.79 Å². The number of thiophene rings is 1. The highest BCUT2D eigenvalue weighted by Crippen LogP contribution is 2.18. The molecule has 0 unspecified atom stereocenters. The molecule has 0 aliphatic rings. The van der Waals surface area contributed by atoms with E-state index in [1.807, 2.05) is 6.07 Å². The van der Waals surface area contributed by atoms with Gasteiger partial charge in [-0.2, -0.15) is 0 Å². The Kier molecular flexibility index (Phi) is 3.54. The van der Waals surface area contributed by atoms with Crippen LogP contribution in [0, 0.1) is 0 Å². The van der Waals surface area contributed by atoms with Crippen LogP contribution < -0.4 is 5.73 Å². The van der Waals surface area contributed by atoms with E-state index in [1.165, 1.54) is 11.1 Å². The third-order valence-corrected chi connectivity index (χ3v) is 3.70. The van der Waals surface area contributed by atoms with Crippen LogP contribution in [-0.4, -0.2) is 10.8 Å². The molecule has 0 fully saturated rings. The molecule has 0 atom stereocenters. The minimum Gasteiger partial charge on any atom is -0.397 e. The summed E-state index contributed by atoms with van der Waals surface area (Å²) in [6.07, 6.45) is 2.94. The van der Waals surface area contributed by atoms with Crippen LogP contribution in [0.5, 0.6) is 0 Å². The lowest BCUT2D eigenvalue weighted by atomic mass is 10.1. The third-order valence-electron chi connectivity index (χ3n) is 2.47. The van der Waals surface area contributed by atoms with Gasteiger partial charge in [0.15, 0.2) is 5.78 Å². The molecule has 3 nitrogen and oxygen atoms in total. The first-order valence-corrected chi connectivity index (χ1v) is 6.33. The molecule has 0 aliphatic heterocycles. The first kappa shape index (κ1) is 11.8. The van der Waals surface area contributed by atoms with Crippen molar-refractivity contribution in [1.82, 2.24) is 4.98 Å². The molecule has 0 radical (unpaired) electrons. The van der Waals surface area contributed by atoms with E-state index in [0.29, 0.717) is 17.8 Å². The summed E-state index contributed by atoms with van der Waals surface area (Å²) >= 11 is 1.69. The Morgan fingerprint density at radius 1 is 1.29 bits per heavy atom. The van der Waals surface area contributed by atoms with Crippen molar-refractivity contribution in [2.75, 3.05) is 5.73 Å². The van der Waals surface area contributed by atoms with Gasteiger partial charge < -0.3 is 5.73 Å². The minimum atomic E-state index is 0.0366. The van der Waals surface area contributed by atoms with Gasteiger partial charge in [-0.1, -0.05) is 6.92 Å². The maximum atomic E-state index is 11.9. The van der Waals surface area contributed by atoms with Gasteiger partial charge in [0.1, 0.15) is 5.69 Å². The molecular formula is C13H14N2OS. The van der Waals surface area contributed by atoms with Crippen LogP contribution >= 0.6 is 11.3 Å². The van der Waals surface area contributed by atoms with Crippen molar-refractivity contribution in [3.8, 4) is 0 Å². The highest BCUT2D eigenvalue weighted by Gasteiger charge is 2.09. The molecule has 2 heterocycles. The predicted molar refractivity (Wildman–Crippen MR) is 70.4 cm³/mol. The number of carbonyl (C=O) groups excluding carboxylic acids is 1. The fourth-order valence-electron chi connectivity index (χ4n) is 1.53. The molecule has 17 heavy (non-hydrogen) atoms. The number of aromatic nitrogens is 1. The van der Waals surface area contributed by atoms with Crippen LogP contribution in [0.3, 0.4) is 0 Å². The maximum Gasteiger partial charge on any atom is 0.186 e. The number of hydrogen-bond donors (Lipinski definition) is 1. The maximum absolute atomic E-state index is 11.9. The van der Waals surface area contributed by atoms with Gasteiger partial charge in [-0.25, -0.2) is 0 Å². The summed E-state index contributed by atoms with van der Waals surface area (Å²) in [7, 11) is 0. The zero-order valence-electron chi connectivity index (χ0n) is 9.64. The number of nitrogens with two attached hydrogens (primary N) is 1. The normalized spacial score (nSPS) is 10.4. The number of ketones is 1. The molecule has 0 amide bonds. The summed E-state index contributed by atoms with van der Waals surface area (Å²) in [5, 5.41) is 0. The van der Waals surface area contributed by atoms with Crippen molar-refractivity contribution in [3.63, 3.8) is 0 Å². The number of anilines is 1. The Balaban J connectivity index is 2.08. The lowest BCUT2D eigenvalue weighted by Crippen LogP contribution is -2.05. The zero-order chi connectivity index (χ0) is 12.3. The standard InChI is InChI=1S/C13H14N2OS/c1-2-10-4-5-11(17-10)7-13(16)12-6-3-9(14)8-15-12/h3-6,8H,2,7,14H2,1H3.